The lowest BCUT2D eigenvalue weighted by Crippen LogP contribution is -1.97. The molecule has 0 aliphatic rings. The Morgan fingerprint density at radius 1 is 1.64 bits per heavy atom. The highest BCUT2D eigenvalue weighted by molar-refractivity contribution is 7.99. The van der Waals surface area contributed by atoms with E-state index in [0.717, 1.165) is 17.4 Å². The molecule has 0 aromatic rings. The summed E-state index contributed by atoms with van der Waals surface area (Å²) in [6, 6.07) is 0. The molecule has 0 saturated heterocycles. The van der Waals surface area contributed by atoms with Crippen molar-refractivity contribution in [1.82, 2.24) is 0 Å². The van der Waals surface area contributed by atoms with Crippen molar-refractivity contribution in [2.24, 2.45) is 5.92 Å². The minimum absolute atomic E-state index is 0.827. The van der Waals surface area contributed by atoms with Gasteiger partial charge in [0.1, 0.15) is 0 Å². The number of thioether (sulfide) groups is 1. The van der Waals surface area contributed by atoms with E-state index in [1.54, 1.807) is 0 Å². The summed E-state index contributed by atoms with van der Waals surface area (Å²) in [7, 11) is 0. The van der Waals surface area contributed by atoms with Gasteiger partial charge >= 0.3 is 0 Å². The summed E-state index contributed by atoms with van der Waals surface area (Å²) < 4.78 is 0. The van der Waals surface area contributed by atoms with Gasteiger partial charge in [0.25, 0.3) is 0 Å². The first-order valence-corrected chi connectivity index (χ1v) is 5.84. The van der Waals surface area contributed by atoms with Crippen LogP contribution >= 0.6 is 24.4 Å². The number of rotatable bonds is 6. The van der Waals surface area contributed by atoms with Gasteiger partial charge in [-0.1, -0.05) is 32.4 Å². The topological polar surface area (TPSA) is 0 Å². The van der Waals surface area contributed by atoms with Gasteiger partial charge in [0.2, 0.25) is 0 Å². The van der Waals surface area contributed by atoms with E-state index in [4.69, 9.17) is 0 Å². The van der Waals surface area contributed by atoms with Crippen molar-refractivity contribution in [3.05, 3.63) is 12.2 Å². The molecule has 2 heteroatoms. The highest BCUT2D eigenvalue weighted by Crippen LogP contribution is 2.13. The smallest absolute Gasteiger partial charge is 0.0148 e. The Kier molecular flexibility index (Phi) is 7.39. The summed E-state index contributed by atoms with van der Waals surface area (Å²) in [6.07, 6.45) is 1.28. The molecule has 0 aliphatic carbocycles. The van der Waals surface area contributed by atoms with Gasteiger partial charge in [0, 0.05) is 11.5 Å². The van der Waals surface area contributed by atoms with E-state index in [9.17, 15) is 0 Å². The molecule has 0 nitrogen and oxygen atoms in total. The van der Waals surface area contributed by atoms with E-state index in [1.807, 2.05) is 11.8 Å². The molecular formula is C9H18S2. The lowest BCUT2D eigenvalue weighted by Gasteiger charge is -2.07. The van der Waals surface area contributed by atoms with Crippen LogP contribution in [0.25, 0.3) is 0 Å². The van der Waals surface area contributed by atoms with Gasteiger partial charge in [-0.2, -0.15) is 24.4 Å². The zero-order chi connectivity index (χ0) is 8.69. The fourth-order valence-electron chi connectivity index (χ4n) is 0.568. The lowest BCUT2D eigenvalue weighted by atomic mass is 10.2. The van der Waals surface area contributed by atoms with Crippen LogP contribution < -0.4 is 0 Å². The molecule has 0 N–H and O–H groups in total. The van der Waals surface area contributed by atoms with Crippen LogP contribution in [0.4, 0.5) is 0 Å². The summed E-state index contributed by atoms with van der Waals surface area (Å²) in [4.78, 5) is 0. The highest BCUT2D eigenvalue weighted by atomic mass is 32.2. The monoisotopic (exact) mass is 190 g/mol. The van der Waals surface area contributed by atoms with Crippen LogP contribution in [0.1, 0.15) is 20.3 Å². The molecule has 0 radical (unpaired) electrons. The summed E-state index contributed by atoms with van der Waals surface area (Å²) in [5.41, 5.74) is 1.24. The van der Waals surface area contributed by atoms with Crippen LogP contribution in [0.5, 0.6) is 0 Å². The fraction of sp³-hybridized carbons (Fsp3) is 0.778. The Hall–Kier alpha value is 0.440. The van der Waals surface area contributed by atoms with E-state index in [2.05, 4.69) is 33.1 Å². The SMILES string of the molecule is C=C(CS)CSCC(C)CC. The molecule has 0 aromatic heterocycles. The normalized spacial score (nSPS) is 13.0. The second-order valence-corrected chi connectivity index (χ2v) is 4.28. The van der Waals surface area contributed by atoms with E-state index < -0.39 is 0 Å². The highest BCUT2D eigenvalue weighted by Gasteiger charge is 1.98. The van der Waals surface area contributed by atoms with Crippen molar-refractivity contribution < 1.29 is 0 Å². The van der Waals surface area contributed by atoms with E-state index in [-0.39, 0.29) is 0 Å². The zero-order valence-corrected chi connectivity index (χ0v) is 9.18. The molecule has 66 valence electrons. The summed E-state index contributed by atoms with van der Waals surface area (Å²) in [6.45, 7) is 8.42. The molecule has 0 fully saturated rings. The van der Waals surface area contributed by atoms with Crippen LogP contribution in [0.2, 0.25) is 0 Å². The molecule has 0 amide bonds. The average molecular weight is 190 g/mol. The quantitative estimate of drug-likeness (QED) is 0.495. The Bertz CT molecular complexity index is 110. The standard InChI is InChI=1S/C9H18S2/c1-4-8(2)6-11-7-9(3)5-10/h8,10H,3-7H2,1-2H3. The summed E-state index contributed by atoms with van der Waals surface area (Å²) in [5, 5.41) is 0. The molecule has 11 heavy (non-hydrogen) atoms. The molecule has 0 rings (SSSR count). The van der Waals surface area contributed by atoms with Gasteiger partial charge < -0.3 is 0 Å². The van der Waals surface area contributed by atoms with Gasteiger partial charge in [-0.15, -0.1) is 0 Å². The minimum Gasteiger partial charge on any atom is -0.175 e. The van der Waals surface area contributed by atoms with Crippen molar-refractivity contribution >= 4 is 24.4 Å². The third-order valence-corrected chi connectivity index (χ3v) is 3.49. The Morgan fingerprint density at radius 3 is 2.73 bits per heavy atom. The van der Waals surface area contributed by atoms with Gasteiger partial charge in [-0.25, -0.2) is 0 Å². The Morgan fingerprint density at radius 2 is 2.27 bits per heavy atom. The van der Waals surface area contributed by atoms with Crippen molar-refractivity contribution in [1.29, 1.82) is 0 Å². The van der Waals surface area contributed by atoms with Crippen LogP contribution in [-0.4, -0.2) is 17.3 Å². The van der Waals surface area contributed by atoms with Crippen molar-refractivity contribution in [3.63, 3.8) is 0 Å². The molecule has 0 aliphatic heterocycles. The predicted octanol–water partition coefficient (Wildman–Crippen LogP) is 3.25. The predicted molar refractivity (Wildman–Crippen MR) is 59.8 cm³/mol. The van der Waals surface area contributed by atoms with E-state index in [1.165, 1.54) is 17.7 Å². The van der Waals surface area contributed by atoms with Gasteiger partial charge in [0.15, 0.2) is 0 Å². The van der Waals surface area contributed by atoms with Gasteiger partial charge in [0.05, 0.1) is 0 Å². The lowest BCUT2D eigenvalue weighted by molar-refractivity contribution is 0.637. The molecule has 0 heterocycles. The zero-order valence-electron chi connectivity index (χ0n) is 7.47. The van der Waals surface area contributed by atoms with E-state index in [0.29, 0.717) is 0 Å². The molecular weight excluding hydrogens is 172 g/mol. The molecule has 0 aromatic carbocycles. The minimum atomic E-state index is 0.827. The molecule has 0 saturated carbocycles. The van der Waals surface area contributed by atoms with Crippen molar-refractivity contribution in [2.45, 2.75) is 20.3 Å². The van der Waals surface area contributed by atoms with Crippen molar-refractivity contribution in [3.8, 4) is 0 Å². The third-order valence-electron chi connectivity index (χ3n) is 1.63. The molecule has 1 unspecified atom stereocenters. The number of hydrogen-bond acceptors (Lipinski definition) is 2. The van der Waals surface area contributed by atoms with Crippen molar-refractivity contribution in [2.75, 3.05) is 17.3 Å². The molecule has 1 atom stereocenters. The first kappa shape index (κ1) is 11.4. The maximum Gasteiger partial charge on any atom is 0.0148 e. The first-order chi connectivity index (χ1) is 5.20. The second kappa shape index (κ2) is 7.11. The van der Waals surface area contributed by atoms with Crippen LogP contribution in [-0.2, 0) is 0 Å². The molecule has 0 spiro atoms. The summed E-state index contributed by atoms with van der Waals surface area (Å²) >= 11 is 6.12. The third kappa shape index (κ3) is 6.82. The maximum absolute atomic E-state index is 4.15. The maximum atomic E-state index is 4.15. The largest absolute Gasteiger partial charge is 0.175 e. The van der Waals surface area contributed by atoms with Crippen LogP contribution in [0, 0.1) is 5.92 Å². The Labute approximate surface area is 80.2 Å². The summed E-state index contributed by atoms with van der Waals surface area (Å²) in [5.74, 6) is 4.00. The van der Waals surface area contributed by atoms with Gasteiger partial charge in [-0.3, -0.25) is 0 Å². The van der Waals surface area contributed by atoms with Crippen LogP contribution in [0.15, 0.2) is 12.2 Å². The van der Waals surface area contributed by atoms with Gasteiger partial charge in [-0.05, 0) is 11.7 Å². The molecule has 0 bridgehead atoms. The van der Waals surface area contributed by atoms with Crippen LogP contribution in [0.3, 0.4) is 0 Å². The number of thiol groups is 1. The second-order valence-electron chi connectivity index (χ2n) is 2.94. The van der Waals surface area contributed by atoms with E-state index >= 15 is 0 Å². The first-order valence-electron chi connectivity index (χ1n) is 4.06. The fourth-order valence-corrected chi connectivity index (χ4v) is 1.98. The average Bonchev–Trinajstić information content (AvgIpc) is 2.04. The Balaban J connectivity index is 3.20. The number of hydrogen-bond donors (Lipinski definition) is 1.